The number of rotatable bonds is 7. The van der Waals surface area contributed by atoms with Gasteiger partial charge in [-0.05, 0) is 31.2 Å². The minimum atomic E-state index is -1.09. The molecule has 0 aliphatic rings. The first-order valence-electron chi connectivity index (χ1n) is 8.20. The van der Waals surface area contributed by atoms with E-state index in [4.69, 9.17) is 4.74 Å². The van der Waals surface area contributed by atoms with Gasteiger partial charge in [0, 0.05) is 11.8 Å². The van der Waals surface area contributed by atoms with Gasteiger partial charge in [0.2, 0.25) is 11.6 Å². The zero-order chi connectivity index (χ0) is 20.1. The molecule has 0 fully saturated rings. The molecule has 0 aliphatic heterocycles. The second kappa shape index (κ2) is 8.25. The Morgan fingerprint density at radius 1 is 1.07 bits per heavy atom. The van der Waals surface area contributed by atoms with Crippen LogP contribution in [-0.2, 0) is 0 Å². The Kier molecular flexibility index (Phi) is 5.58. The Hall–Kier alpha value is -3.82. The van der Waals surface area contributed by atoms with Crippen LogP contribution in [0.15, 0.2) is 48.8 Å². The number of aromatic nitrogens is 2. The van der Waals surface area contributed by atoms with Gasteiger partial charge in [0.05, 0.1) is 17.2 Å². The number of hydrogen-bond acceptors (Lipinski definition) is 7. The average molecular weight is 387 g/mol. The molecule has 10 heteroatoms. The predicted octanol–water partition coefficient (Wildman–Crippen LogP) is 4.55. The molecular weight excluding hydrogens is 372 g/mol. The lowest BCUT2D eigenvalue weighted by atomic mass is 10.2. The van der Waals surface area contributed by atoms with E-state index in [0.717, 1.165) is 18.5 Å². The van der Waals surface area contributed by atoms with Crippen LogP contribution in [0.1, 0.15) is 6.92 Å². The Morgan fingerprint density at radius 2 is 1.79 bits per heavy atom. The van der Waals surface area contributed by atoms with Gasteiger partial charge in [0.1, 0.15) is 12.1 Å². The summed E-state index contributed by atoms with van der Waals surface area (Å²) >= 11 is 0. The van der Waals surface area contributed by atoms with Crippen LogP contribution in [0.2, 0.25) is 0 Å². The third kappa shape index (κ3) is 4.11. The van der Waals surface area contributed by atoms with E-state index in [9.17, 15) is 18.9 Å². The van der Waals surface area contributed by atoms with E-state index < -0.39 is 22.2 Å². The maximum absolute atomic E-state index is 13.4. The highest BCUT2D eigenvalue weighted by atomic mass is 19.2. The SMILES string of the molecule is CCOc1ccccc1Nc1ncnc(Nc2ccc(F)c(F)c2)c1[N+](=O)[O-]. The van der Waals surface area contributed by atoms with Crippen LogP contribution in [0, 0.1) is 21.7 Å². The van der Waals surface area contributed by atoms with Crippen LogP contribution in [0.3, 0.4) is 0 Å². The lowest BCUT2D eigenvalue weighted by molar-refractivity contribution is -0.383. The van der Waals surface area contributed by atoms with Crippen molar-refractivity contribution in [2.24, 2.45) is 0 Å². The van der Waals surface area contributed by atoms with Crippen LogP contribution >= 0.6 is 0 Å². The molecule has 8 nitrogen and oxygen atoms in total. The normalized spacial score (nSPS) is 10.4. The van der Waals surface area contributed by atoms with Crippen molar-refractivity contribution < 1.29 is 18.4 Å². The maximum atomic E-state index is 13.4. The number of anilines is 4. The van der Waals surface area contributed by atoms with Gasteiger partial charge in [0.25, 0.3) is 0 Å². The summed E-state index contributed by atoms with van der Waals surface area (Å²) in [5.74, 6) is -1.89. The van der Waals surface area contributed by atoms with Gasteiger partial charge < -0.3 is 15.4 Å². The average Bonchev–Trinajstić information content (AvgIpc) is 2.66. The minimum absolute atomic E-state index is 0.0859. The monoisotopic (exact) mass is 387 g/mol. The van der Waals surface area contributed by atoms with Crippen LogP contribution in [0.4, 0.5) is 37.5 Å². The number of nitro groups is 1. The summed E-state index contributed by atoms with van der Waals surface area (Å²) in [6.07, 6.45) is 1.11. The highest BCUT2D eigenvalue weighted by molar-refractivity contribution is 5.78. The molecule has 3 aromatic rings. The molecule has 144 valence electrons. The number of nitrogens with one attached hydrogen (secondary N) is 2. The molecule has 2 aromatic carbocycles. The topological polar surface area (TPSA) is 102 Å². The molecule has 3 rings (SSSR count). The molecule has 0 saturated heterocycles. The Bertz CT molecular complexity index is 1020. The summed E-state index contributed by atoms with van der Waals surface area (Å²) in [4.78, 5) is 18.8. The first kappa shape index (κ1) is 19.0. The molecule has 0 amide bonds. The molecule has 0 atom stereocenters. The van der Waals surface area contributed by atoms with Crippen molar-refractivity contribution in [2.45, 2.75) is 6.92 Å². The molecule has 0 bridgehead atoms. The number of benzene rings is 2. The molecular formula is C18H15F2N5O3. The minimum Gasteiger partial charge on any atom is -0.492 e. The zero-order valence-corrected chi connectivity index (χ0v) is 14.6. The van der Waals surface area contributed by atoms with Gasteiger partial charge in [-0.2, -0.15) is 0 Å². The van der Waals surface area contributed by atoms with Crippen LogP contribution < -0.4 is 15.4 Å². The van der Waals surface area contributed by atoms with Crippen molar-refractivity contribution in [3.8, 4) is 5.75 Å². The summed E-state index contributed by atoms with van der Waals surface area (Å²) in [7, 11) is 0. The van der Waals surface area contributed by atoms with E-state index in [-0.39, 0.29) is 17.3 Å². The van der Waals surface area contributed by atoms with Gasteiger partial charge in [-0.15, -0.1) is 0 Å². The fourth-order valence-electron chi connectivity index (χ4n) is 2.42. The number of para-hydroxylation sites is 2. The number of halogens is 2. The van der Waals surface area contributed by atoms with Gasteiger partial charge in [-0.1, -0.05) is 12.1 Å². The number of ether oxygens (including phenoxy) is 1. The van der Waals surface area contributed by atoms with Crippen LogP contribution in [0.25, 0.3) is 0 Å². The van der Waals surface area contributed by atoms with E-state index in [1.54, 1.807) is 24.3 Å². The lowest BCUT2D eigenvalue weighted by Gasteiger charge is -2.13. The fraction of sp³-hybridized carbons (Fsp3) is 0.111. The maximum Gasteiger partial charge on any atom is 0.353 e. The second-order valence-corrected chi connectivity index (χ2v) is 5.48. The smallest absolute Gasteiger partial charge is 0.353 e. The third-order valence-corrected chi connectivity index (χ3v) is 3.63. The summed E-state index contributed by atoms with van der Waals surface area (Å²) in [6.45, 7) is 2.22. The van der Waals surface area contributed by atoms with Crippen LogP contribution in [0.5, 0.6) is 5.75 Å². The van der Waals surface area contributed by atoms with Gasteiger partial charge in [-0.25, -0.2) is 18.7 Å². The van der Waals surface area contributed by atoms with E-state index in [0.29, 0.717) is 18.0 Å². The largest absolute Gasteiger partial charge is 0.492 e. The molecule has 0 spiro atoms. The van der Waals surface area contributed by atoms with Gasteiger partial charge in [-0.3, -0.25) is 10.1 Å². The summed E-state index contributed by atoms with van der Waals surface area (Å²) in [5.41, 5.74) is 0.116. The number of hydrogen-bond donors (Lipinski definition) is 2. The highest BCUT2D eigenvalue weighted by Gasteiger charge is 2.24. The zero-order valence-electron chi connectivity index (χ0n) is 14.6. The van der Waals surface area contributed by atoms with Crippen molar-refractivity contribution in [2.75, 3.05) is 17.2 Å². The van der Waals surface area contributed by atoms with Crippen LogP contribution in [-0.4, -0.2) is 21.5 Å². The van der Waals surface area contributed by atoms with Gasteiger partial charge in [0.15, 0.2) is 11.6 Å². The molecule has 0 unspecified atom stereocenters. The van der Waals surface area contributed by atoms with Crippen molar-refractivity contribution in [3.05, 3.63) is 70.5 Å². The van der Waals surface area contributed by atoms with E-state index in [1.165, 1.54) is 6.07 Å². The molecule has 0 radical (unpaired) electrons. The summed E-state index contributed by atoms with van der Waals surface area (Å²) < 4.78 is 32.0. The van der Waals surface area contributed by atoms with E-state index >= 15 is 0 Å². The summed E-state index contributed by atoms with van der Waals surface area (Å²) in [5, 5.41) is 17.1. The van der Waals surface area contributed by atoms with Crippen molar-refractivity contribution >= 4 is 28.7 Å². The van der Waals surface area contributed by atoms with Crippen molar-refractivity contribution in [1.29, 1.82) is 0 Å². The van der Waals surface area contributed by atoms with Crippen molar-refractivity contribution in [1.82, 2.24) is 9.97 Å². The quantitative estimate of drug-likeness (QED) is 0.453. The first-order valence-corrected chi connectivity index (χ1v) is 8.20. The Balaban J connectivity index is 1.98. The molecule has 0 aliphatic carbocycles. The number of nitrogens with zero attached hydrogens (tertiary/aromatic N) is 3. The summed E-state index contributed by atoms with van der Waals surface area (Å²) in [6, 6.07) is 9.90. The fourth-order valence-corrected chi connectivity index (χ4v) is 2.42. The molecule has 2 N–H and O–H groups in total. The van der Waals surface area contributed by atoms with Gasteiger partial charge >= 0.3 is 5.69 Å². The molecule has 28 heavy (non-hydrogen) atoms. The predicted molar refractivity (Wildman–Crippen MR) is 99.2 cm³/mol. The lowest BCUT2D eigenvalue weighted by Crippen LogP contribution is -2.06. The van der Waals surface area contributed by atoms with Crippen molar-refractivity contribution in [3.63, 3.8) is 0 Å². The standard InChI is InChI=1S/C18H15F2N5O3/c1-2-28-15-6-4-3-5-14(15)24-18-16(25(26)27)17(21-10-22-18)23-11-7-8-12(19)13(20)9-11/h3-10H,2H2,1H3,(H2,21,22,23,24). The van der Waals surface area contributed by atoms with E-state index in [2.05, 4.69) is 20.6 Å². The molecule has 1 aromatic heterocycles. The first-order chi connectivity index (χ1) is 13.5. The Morgan fingerprint density at radius 3 is 2.46 bits per heavy atom. The third-order valence-electron chi connectivity index (χ3n) is 3.63. The Labute approximate surface area is 158 Å². The second-order valence-electron chi connectivity index (χ2n) is 5.48. The highest BCUT2D eigenvalue weighted by Crippen LogP contribution is 2.35. The molecule has 0 saturated carbocycles. The molecule has 1 heterocycles. The van der Waals surface area contributed by atoms with E-state index in [1.807, 2.05) is 6.92 Å².